The molecular formula is C20H22N2O. The van der Waals surface area contributed by atoms with E-state index >= 15 is 0 Å². The minimum atomic E-state index is 0.110. The third-order valence-corrected chi connectivity index (χ3v) is 3.99. The highest BCUT2D eigenvalue weighted by molar-refractivity contribution is 5.95. The standard InChI is InChI=1S/C20H22N2O/c1-15-13-18(14-16(2)21-15)20(23)22(19-10-11-19)12-6-9-17-7-4-3-5-8-17/h3-9,13-14,19H,10-12H2,1-2H3. The number of aromatic nitrogens is 1. The van der Waals surface area contributed by atoms with E-state index in [0.29, 0.717) is 12.6 Å². The highest BCUT2D eigenvalue weighted by Crippen LogP contribution is 2.28. The lowest BCUT2D eigenvalue weighted by atomic mass is 10.1. The predicted octanol–water partition coefficient (Wildman–Crippen LogP) is 4.02. The number of rotatable bonds is 5. The Balaban J connectivity index is 1.74. The van der Waals surface area contributed by atoms with Crippen molar-refractivity contribution >= 4 is 12.0 Å². The van der Waals surface area contributed by atoms with Crippen LogP contribution >= 0.6 is 0 Å². The number of carbonyl (C=O) groups is 1. The third-order valence-electron chi connectivity index (χ3n) is 3.99. The molecule has 1 aliphatic carbocycles. The molecule has 1 saturated carbocycles. The van der Waals surface area contributed by atoms with Crippen molar-refractivity contribution in [2.24, 2.45) is 0 Å². The fourth-order valence-corrected chi connectivity index (χ4v) is 2.77. The Kier molecular flexibility index (Phi) is 4.56. The molecular weight excluding hydrogens is 284 g/mol. The summed E-state index contributed by atoms with van der Waals surface area (Å²) in [6, 6.07) is 14.3. The molecule has 3 rings (SSSR count). The largest absolute Gasteiger partial charge is 0.332 e. The van der Waals surface area contributed by atoms with Crippen LogP contribution in [0, 0.1) is 13.8 Å². The number of pyridine rings is 1. The van der Waals surface area contributed by atoms with Gasteiger partial charge in [0.2, 0.25) is 0 Å². The van der Waals surface area contributed by atoms with Crippen LogP contribution in [-0.4, -0.2) is 28.4 Å². The van der Waals surface area contributed by atoms with Crippen molar-refractivity contribution in [1.82, 2.24) is 9.88 Å². The van der Waals surface area contributed by atoms with Gasteiger partial charge in [0.05, 0.1) is 0 Å². The highest BCUT2D eigenvalue weighted by Gasteiger charge is 2.32. The smallest absolute Gasteiger partial charge is 0.254 e. The first-order valence-corrected chi connectivity index (χ1v) is 8.11. The van der Waals surface area contributed by atoms with Crippen LogP contribution in [0.3, 0.4) is 0 Å². The van der Waals surface area contributed by atoms with Gasteiger partial charge in [-0.25, -0.2) is 0 Å². The van der Waals surface area contributed by atoms with Crippen molar-refractivity contribution in [3.05, 3.63) is 71.1 Å². The molecule has 3 heteroatoms. The summed E-state index contributed by atoms with van der Waals surface area (Å²) in [5, 5.41) is 0. The number of aryl methyl sites for hydroxylation is 2. The first-order chi connectivity index (χ1) is 11.1. The fraction of sp³-hybridized carbons (Fsp3) is 0.300. The van der Waals surface area contributed by atoms with E-state index < -0.39 is 0 Å². The second kappa shape index (κ2) is 6.78. The zero-order valence-electron chi connectivity index (χ0n) is 13.7. The Morgan fingerprint density at radius 2 is 1.83 bits per heavy atom. The van der Waals surface area contributed by atoms with Crippen LogP contribution in [0.4, 0.5) is 0 Å². The zero-order valence-corrected chi connectivity index (χ0v) is 13.7. The number of amides is 1. The van der Waals surface area contributed by atoms with Gasteiger partial charge in [0, 0.05) is 29.5 Å². The summed E-state index contributed by atoms with van der Waals surface area (Å²) in [5.74, 6) is 0.110. The summed E-state index contributed by atoms with van der Waals surface area (Å²) in [6.07, 6.45) is 6.36. The minimum absolute atomic E-state index is 0.110. The second-order valence-corrected chi connectivity index (χ2v) is 6.14. The maximum absolute atomic E-state index is 12.8. The van der Waals surface area contributed by atoms with Gasteiger partial charge in [0.15, 0.2) is 0 Å². The zero-order chi connectivity index (χ0) is 16.2. The minimum Gasteiger partial charge on any atom is -0.332 e. The molecule has 0 N–H and O–H groups in total. The molecule has 1 aromatic heterocycles. The van der Waals surface area contributed by atoms with E-state index in [1.165, 1.54) is 0 Å². The van der Waals surface area contributed by atoms with Gasteiger partial charge >= 0.3 is 0 Å². The van der Waals surface area contributed by atoms with Gasteiger partial charge in [-0.3, -0.25) is 9.78 Å². The van der Waals surface area contributed by atoms with E-state index in [1.807, 2.05) is 49.1 Å². The van der Waals surface area contributed by atoms with Crippen molar-refractivity contribution in [3.8, 4) is 0 Å². The summed E-state index contributed by atoms with van der Waals surface area (Å²) >= 11 is 0. The predicted molar refractivity (Wildman–Crippen MR) is 93.2 cm³/mol. The van der Waals surface area contributed by atoms with Crippen LogP contribution in [-0.2, 0) is 0 Å². The molecule has 1 amide bonds. The first-order valence-electron chi connectivity index (χ1n) is 8.11. The van der Waals surface area contributed by atoms with Gasteiger partial charge in [0.25, 0.3) is 5.91 Å². The van der Waals surface area contributed by atoms with Crippen LogP contribution in [0.1, 0.15) is 40.2 Å². The Bertz CT molecular complexity index is 697. The number of nitrogens with zero attached hydrogens (tertiary/aromatic N) is 2. The number of hydrogen-bond acceptors (Lipinski definition) is 2. The van der Waals surface area contributed by atoms with Crippen LogP contribution in [0.2, 0.25) is 0 Å². The molecule has 23 heavy (non-hydrogen) atoms. The van der Waals surface area contributed by atoms with Crippen molar-refractivity contribution in [2.75, 3.05) is 6.54 Å². The molecule has 1 aromatic carbocycles. The van der Waals surface area contributed by atoms with E-state index in [2.05, 4.69) is 29.3 Å². The molecule has 3 nitrogen and oxygen atoms in total. The van der Waals surface area contributed by atoms with Crippen molar-refractivity contribution in [2.45, 2.75) is 32.7 Å². The Hall–Kier alpha value is -2.42. The van der Waals surface area contributed by atoms with Crippen molar-refractivity contribution in [3.63, 3.8) is 0 Å². The van der Waals surface area contributed by atoms with Crippen molar-refractivity contribution < 1.29 is 4.79 Å². The van der Waals surface area contributed by atoms with Crippen LogP contribution in [0.5, 0.6) is 0 Å². The molecule has 2 aromatic rings. The number of carbonyl (C=O) groups excluding carboxylic acids is 1. The summed E-state index contributed by atoms with van der Waals surface area (Å²) in [7, 11) is 0. The average Bonchev–Trinajstić information content (AvgIpc) is 3.36. The quantitative estimate of drug-likeness (QED) is 0.836. The van der Waals surface area contributed by atoms with Crippen LogP contribution in [0.25, 0.3) is 6.08 Å². The fourth-order valence-electron chi connectivity index (χ4n) is 2.77. The molecule has 1 aliphatic rings. The van der Waals surface area contributed by atoms with Crippen LogP contribution < -0.4 is 0 Å². The summed E-state index contributed by atoms with van der Waals surface area (Å²) in [6.45, 7) is 4.51. The summed E-state index contributed by atoms with van der Waals surface area (Å²) < 4.78 is 0. The molecule has 0 saturated heterocycles. The Labute approximate surface area is 137 Å². The molecule has 0 radical (unpaired) electrons. The molecule has 0 spiro atoms. The van der Waals surface area contributed by atoms with E-state index in [9.17, 15) is 4.79 Å². The molecule has 0 unspecified atom stereocenters. The Morgan fingerprint density at radius 3 is 2.43 bits per heavy atom. The number of benzene rings is 1. The maximum Gasteiger partial charge on any atom is 0.254 e. The maximum atomic E-state index is 12.8. The normalized spacial score (nSPS) is 14.2. The molecule has 118 valence electrons. The van der Waals surface area contributed by atoms with E-state index in [4.69, 9.17) is 0 Å². The van der Waals surface area contributed by atoms with E-state index in [1.54, 1.807) is 0 Å². The van der Waals surface area contributed by atoms with Crippen molar-refractivity contribution in [1.29, 1.82) is 0 Å². The van der Waals surface area contributed by atoms with Gasteiger partial charge in [-0.2, -0.15) is 0 Å². The van der Waals surface area contributed by atoms with Crippen LogP contribution in [0.15, 0.2) is 48.5 Å². The first kappa shape index (κ1) is 15.5. The topological polar surface area (TPSA) is 33.2 Å². The van der Waals surface area contributed by atoms with E-state index in [0.717, 1.165) is 35.4 Å². The van der Waals surface area contributed by atoms with Gasteiger partial charge in [-0.1, -0.05) is 42.5 Å². The molecule has 0 bridgehead atoms. The van der Waals surface area contributed by atoms with E-state index in [-0.39, 0.29) is 5.91 Å². The summed E-state index contributed by atoms with van der Waals surface area (Å²) in [4.78, 5) is 19.2. The summed E-state index contributed by atoms with van der Waals surface area (Å²) in [5.41, 5.74) is 3.69. The van der Waals surface area contributed by atoms with Gasteiger partial charge in [-0.05, 0) is 44.4 Å². The lowest BCUT2D eigenvalue weighted by Gasteiger charge is -2.21. The lowest BCUT2D eigenvalue weighted by Crippen LogP contribution is -2.33. The monoisotopic (exact) mass is 306 g/mol. The SMILES string of the molecule is Cc1cc(C(=O)N(CC=Cc2ccccc2)C2CC2)cc(C)n1. The third kappa shape index (κ3) is 4.07. The van der Waals surface area contributed by atoms with Gasteiger partial charge < -0.3 is 4.90 Å². The molecule has 0 atom stereocenters. The molecule has 1 fully saturated rings. The highest BCUT2D eigenvalue weighted by atomic mass is 16.2. The van der Waals surface area contributed by atoms with Gasteiger partial charge in [0.1, 0.15) is 0 Å². The molecule has 1 heterocycles. The Morgan fingerprint density at radius 1 is 1.17 bits per heavy atom. The van der Waals surface area contributed by atoms with Gasteiger partial charge in [-0.15, -0.1) is 0 Å². The lowest BCUT2D eigenvalue weighted by molar-refractivity contribution is 0.0762. The second-order valence-electron chi connectivity index (χ2n) is 6.14. The molecule has 0 aliphatic heterocycles. The number of hydrogen-bond donors (Lipinski definition) is 0. The average molecular weight is 306 g/mol.